The Kier molecular flexibility index (Phi) is 5.03. The van der Waals surface area contributed by atoms with Crippen molar-refractivity contribution in [1.29, 1.82) is 0 Å². The minimum atomic E-state index is -0.0999. The Morgan fingerprint density at radius 2 is 1.83 bits per heavy atom. The minimum absolute atomic E-state index is 0.0999. The summed E-state index contributed by atoms with van der Waals surface area (Å²) in [5.74, 6) is 1.69. The van der Waals surface area contributed by atoms with E-state index >= 15 is 0 Å². The molecule has 0 saturated carbocycles. The van der Waals surface area contributed by atoms with Gasteiger partial charge < -0.3 is 15.5 Å². The Morgan fingerprint density at radius 3 is 2.50 bits per heavy atom. The monoisotopic (exact) mass is 386 g/mol. The number of amidine groups is 1. The van der Waals surface area contributed by atoms with E-state index in [-0.39, 0.29) is 5.54 Å². The van der Waals surface area contributed by atoms with E-state index in [1.807, 2.05) is 24.0 Å². The van der Waals surface area contributed by atoms with Crippen molar-refractivity contribution in [2.75, 3.05) is 24.5 Å². The first-order valence-electron chi connectivity index (χ1n) is 7.98. The van der Waals surface area contributed by atoms with E-state index in [9.17, 15) is 0 Å². The maximum absolute atomic E-state index is 6.57. The molecule has 1 aromatic carbocycles. The smallest absolute Gasteiger partial charge is 0.147 e. The minimum Gasteiger partial charge on any atom is -0.355 e. The highest BCUT2D eigenvalue weighted by Gasteiger charge is 2.30. The molecule has 3 rings (SSSR count). The number of benzene rings is 1. The molecule has 24 heavy (non-hydrogen) atoms. The lowest BCUT2D eigenvalue weighted by atomic mass is 9.91. The number of hydrogen-bond donors (Lipinski definition) is 1. The molecular formula is C17H21Cl3N4. The van der Waals surface area contributed by atoms with Gasteiger partial charge >= 0.3 is 0 Å². The fourth-order valence-corrected chi connectivity index (χ4v) is 3.71. The van der Waals surface area contributed by atoms with E-state index in [1.165, 1.54) is 0 Å². The first kappa shape index (κ1) is 17.9. The number of rotatable bonds is 2. The zero-order valence-corrected chi connectivity index (χ0v) is 16.1. The highest BCUT2D eigenvalue weighted by molar-refractivity contribution is 6.44. The lowest BCUT2D eigenvalue weighted by Crippen LogP contribution is -2.48. The third kappa shape index (κ3) is 3.52. The normalized spacial score (nSPS) is 21.2. The molecule has 4 nitrogen and oxygen atoms in total. The van der Waals surface area contributed by atoms with Gasteiger partial charge in [0.15, 0.2) is 0 Å². The highest BCUT2D eigenvalue weighted by atomic mass is 35.5. The predicted octanol–water partition coefficient (Wildman–Crippen LogP) is 4.45. The Hall–Kier alpha value is -0.940. The third-order valence-corrected chi connectivity index (χ3v) is 5.72. The number of nitrogens with zero attached hydrogens (tertiary/aromatic N) is 3. The van der Waals surface area contributed by atoms with Crippen LogP contribution in [0.1, 0.15) is 26.7 Å². The average Bonchev–Trinajstić information content (AvgIpc) is 2.52. The molecule has 2 aliphatic heterocycles. The van der Waals surface area contributed by atoms with Crippen LogP contribution < -0.4 is 10.6 Å². The van der Waals surface area contributed by atoms with E-state index in [2.05, 4.69) is 11.8 Å². The Labute approximate surface area is 157 Å². The number of likely N-dealkylation sites (tertiary alicyclic amines) is 1. The van der Waals surface area contributed by atoms with Gasteiger partial charge in [-0.05, 0) is 38.8 Å². The Balaban J connectivity index is 1.84. The van der Waals surface area contributed by atoms with Gasteiger partial charge in [0, 0.05) is 18.6 Å². The van der Waals surface area contributed by atoms with Crippen LogP contribution in [0.25, 0.3) is 0 Å². The summed E-state index contributed by atoms with van der Waals surface area (Å²) in [6.07, 6.45) is 1.86. The second-order valence-corrected chi connectivity index (χ2v) is 7.93. The van der Waals surface area contributed by atoms with Crippen molar-refractivity contribution < 1.29 is 0 Å². The summed E-state index contributed by atoms with van der Waals surface area (Å²) >= 11 is 19.0. The number of aliphatic imine (C=N–C) groups is 1. The maximum atomic E-state index is 6.57. The first-order chi connectivity index (χ1) is 11.3. The van der Waals surface area contributed by atoms with Crippen molar-refractivity contribution in [2.45, 2.75) is 32.2 Å². The van der Waals surface area contributed by atoms with E-state index in [0.29, 0.717) is 21.6 Å². The lowest BCUT2D eigenvalue weighted by Gasteiger charge is -2.40. The van der Waals surface area contributed by atoms with Crippen LogP contribution in [0.4, 0.5) is 5.69 Å². The SMILES string of the molecule is CC1=NC(N2CCC(C)(N)CC2)=C(Cl)CN1c1cccc(Cl)c1Cl. The van der Waals surface area contributed by atoms with Crippen LogP contribution in [-0.2, 0) is 0 Å². The average molecular weight is 388 g/mol. The zero-order chi connectivity index (χ0) is 17.5. The first-order valence-corrected chi connectivity index (χ1v) is 9.11. The molecule has 1 aromatic rings. The number of hydrogen-bond acceptors (Lipinski definition) is 4. The second kappa shape index (κ2) is 6.75. The van der Waals surface area contributed by atoms with Crippen molar-refractivity contribution in [3.8, 4) is 0 Å². The van der Waals surface area contributed by atoms with Crippen LogP contribution >= 0.6 is 34.8 Å². The molecule has 0 aromatic heterocycles. The Bertz CT molecular complexity index is 702. The van der Waals surface area contributed by atoms with Crippen LogP contribution in [0.2, 0.25) is 10.0 Å². The van der Waals surface area contributed by atoms with Gasteiger partial charge in [-0.15, -0.1) is 0 Å². The van der Waals surface area contributed by atoms with Gasteiger partial charge in [0.1, 0.15) is 11.7 Å². The lowest BCUT2D eigenvalue weighted by molar-refractivity contribution is 0.207. The third-order valence-electron chi connectivity index (χ3n) is 4.63. The van der Waals surface area contributed by atoms with E-state index in [4.69, 9.17) is 45.5 Å². The van der Waals surface area contributed by atoms with Gasteiger partial charge in [0.25, 0.3) is 0 Å². The summed E-state index contributed by atoms with van der Waals surface area (Å²) < 4.78 is 0. The molecule has 0 amide bonds. The standard InChI is InChI=1S/C17H21Cl3N4/c1-11-22-16(23-8-6-17(2,21)7-9-23)13(19)10-24(11)14-5-3-4-12(18)15(14)20/h3-5H,6-10,21H2,1-2H3. The molecule has 130 valence electrons. The van der Waals surface area contributed by atoms with Crippen LogP contribution in [0.3, 0.4) is 0 Å². The molecule has 0 spiro atoms. The molecule has 0 bridgehead atoms. The van der Waals surface area contributed by atoms with E-state index in [1.54, 1.807) is 6.07 Å². The molecular weight excluding hydrogens is 367 g/mol. The van der Waals surface area contributed by atoms with Crippen LogP contribution in [0.5, 0.6) is 0 Å². The van der Waals surface area contributed by atoms with Crippen molar-refractivity contribution in [1.82, 2.24) is 4.90 Å². The summed E-state index contributed by atoms with van der Waals surface area (Å²) in [5.41, 5.74) is 6.93. The van der Waals surface area contributed by atoms with Gasteiger partial charge in [-0.2, -0.15) is 0 Å². The van der Waals surface area contributed by atoms with E-state index < -0.39 is 0 Å². The second-order valence-electron chi connectivity index (χ2n) is 6.69. The van der Waals surface area contributed by atoms with Gasteiger partial charge in [0.2, 0.25) is 0 Å². The summed E-state index contributed by atoms with van der Waals surface area (Å²) in [6.45, 7) is 6.32. The van der Waals surface area contributed by atoms with Crippen molar-refractivity contribution >= 4 is 46.3 Å². The number of nitrogens with two attached hydrogens (primary N) is 1. The number of anilines is 1. The molecule has 0 aliphatic carbocycles. The topological polar surface area (TPSA) is 44.9 Å². The number of piperidine rings is 1. The van der Waals surface area contributed by atoms with Crippen molar-refractivity contribution in [3.05, 3.63) is 39.1 Å². The van der Waals surface area contributed by atoms with Gasteiger partial charge in [-0.25, -0.2) is 4.99 Å². The van der Waals surface area contributed by atoms with E-state index in [0.717, 1.165) is 43.3 Å². The maximum Gasteiger partial charge on any atom is 0.147 e. The molecule has 7 heteroatoms. The highest BCUT2D eigenvalue weighted by Crippen LogP contribution is 2.36. The Morgan fingerprint density at radius 1 is 1.17 bits per heavy atom. The molecule has 2 N–H and O–H groups in total. The van der Waals surface area contributed by atoms with Gasteiger partial charge in [-0.3, -0.25) is 0 Å². The van der Waals surface area contributed by atoms with Gasteiger partial charge in [-0.1, -0.05) is 40.9 Å². The predicted molar refractivity (Wildman–Crippen MR) is 103 cm³/mol. The summed E-state index contributed by atoms with van der Waals surface area (Å²) in [6, 6.07) is 5.56. The van der Waals surface area contributed by atoms with Crippen molar-refractivity contribution in [3.63, 3.8) is 0 Å². The quantitative estimate of drug-likeness (QED) is 0.815. The zero-order valence-electron chi connectivity index (χ0n) is 13.8. The largest absolute Gasteiger partial charge is 0.355 e. The summed E-state index contributed by atoms with van der Waals surface area (Å²) in [7, 11) is 0. The summed E-state index contributed by atoms with van der Waals surface area (Å²) in [5, 5.41) is 1.74. The fraction of sp³-hybridized carbons (Fsp3) is 0.471. The van der Waals surface area contributed by atoms with Crippen LogP contribution in [0.15, 0.2) is 34.0 Å². The molecule has 2 heterocycles. The molecule has 0 radical (unpaired) electrons. The summed E-state index contributed by atoms with van der Waals surface area (Å²) in [4.78, 5) is 8.94. The molecule has 1 saturated heterocycles. The fourth-order valence-electron chi connectivity index (χ4n) is 3.03. The molecule has 2 aliphatic rings. The molecule has 0 atom stereocenters. The molecule has 0 unspecified atom stereocenters. The van der Waals surface area contributed by atoms with Crippen molar-refractivity contribution in [2.24, 2.45) is 10.7 Å². The van der Waals surface area contributed by atoms with Gasteiger partial charge in [0.05, 0.1) is 27.3 Å². The van der Waals surface area contributed by atoms with Crippen LogP contribution in [-0.4, -0.2) is 35.9 Å². The number of halogens is 3. The van der Waals surface area contributed by atoms with Crippen LogP contribution in [0, 0.1) is 0 Å². The molecule has 1 fully saturated rings.